The van der Waals surface area contributed by atoms with E-state index >= 15 is 0 Å². The van der Waals surface area contributed by atoms with Crippen molar-refractivity contribution in [3.8, 4) is 11.3 Å². The van der Waals surface area contributed by atoms with Crippen molar-refractivity contribution in [3.63, 3.8) is 0 Å². The van der Waals surface area contributed by atoms with Crippen LogP contribution in [0.2, 0.25) is 5.02 Å². The predicted molar refractivity (Wildman–Crippen MR) is 77.0 cm³/mol. The quantitative estimate of drug-likeness (QED) is 0.782. The van der Waals surface area contributed by atoms with Gasteiger partial charge in [-0.15, -0.1) is 0 Å². The van der Waals surface area contributed by atoms with Crippen molar-refractivity contribution in [2.75, 3.05) is 0 Å². The summed E-state index contributed by atoms with van der Waals surface area (Å²) in [4.78, 5) is 4.33. The Balaban J connectivity index is 2.56. The van der Waals surface area contributed by atoms with Gasteiger partial charge in [-0.05, 0) is 30.0 Å². The number of imidazole rings is 1. The molecule has 0 atom stereocenters. The first-order valence-electron chi connectivity index (χ1n) is 6.34. The summed E-state index contributed by atoms with van der Waals surface area (Å²) >= 11 is 6.01. The van der Waals surface area contributed by atoms with Gasteiger partial charge in [0.1, 0.15) is 5.82 Å². The highest BCUT2D eigenvalue weighted by Crippen LogP contribution is 2.33. The Labute approximate surface area is 118 Å². The Morgan fingerprint density at radius 1 is 1.32 bits per heavy atom. The third-order valence-electron chi connectivity index (χ3n) is 3.13. The second kappa shape index (κ2) is 4.97. The minimum atomic E-state index is -0.340. The fourth-order valence-corrected chi connectivity index (χ4v) is 2.18. The van der Waals surface area contributed by atoms with Crippen LogP contribution in [0.4, 0.5) is 4.39 Å². The van der Waals surface area contributed by atoms with E-state index in [9.17, 15) is 4.39 Å². The smallest absolute Gasteiger partial charge is 0.145 e. The Bertz CT molecular complexity index is 597. The second-order valence-corrected chi connectivity index (χ2v) is 6.07. The monoisotopic (exact) mass is 280 g/mol. The number of rotatable bonds is 2. The molecule has 1 aromatic carbocycles. The van der Waals surface area contributed by atoms with Gasteiger partial charge < -0.3 is 4.57 Å². The lowest BCUT2D eigenvalue weighted by atomic mass is 9.85. The van der Waals surface area contributed by atoms with E-state index in [0.29, 0.717) is 5.56 Å². The van der Waals surface area contributed by atoms with Crippen molar-refractivity contribution in [2.45, 2.75) is 39.7 Å². The van der Waals surface area contributed by atoms with Crippen LogP contribution in [0.1, 0.15) is 33.3 Å². The molecule has 0 unspecified atom stereocenters. The Kier molecular flexibility index (Phi) is 3.68. The summed E-state index contributed by atoms with van der Waals surface area (Å²) in [7, 11) is 0. The molecule has 0 fully saturated rings. The van der Waals surface area contributed by atoms with Crippen LogP contribution in [0.5, 0.6) is 0 Å². The fraction of sp³-hybridized carbons (Fsp3) is 0.400. The Hall–Kier alpha value is -1.35. The fourth-order valence-electron chi connectivity index (χ4n) is 1.96. The van der Waals surface area contributed by atoms with Gasteiger partial charge in [0.05, 0.1) is 17.0 Å². The van der Waals surface area contributed by atoms with Crippen LogP contribution in [-0.2, 0) is 12.0 Å². The normalized spacial score (nSPS) is 11.9. The van der Waals surface area contributed by atoms with Crippen molar-refractivity contribution in [1.82, 2.24) is 9.55 Å². The summed E-state index contributed by atoms with van der Waals surface area (Å²) in [6.07, 6.45) is 3.71. The van der Waals surface area contributed by atoms with Crippen molar-refractivity contribution in [3.05, 3.63) is 41.1 Å². The van der Waals surface area contributed by atoms with Crippen LogP contribution in [0, 0.1) is 5.82 Å². The number of benzene rings is 1. The van der Waals surface area contributed by atoms with Gasteiger partial charge in [-0.1, -0.05) is 32.4 Å². The number of aromatic nitrogens is 2. The molecule has 0 spiro atoms. The second-order valence-electron chi connectivity index (χ2n) is 5.66. The molecule has 0 saturated heterocycles. The average molecular weight is 281 g/mol. The van der Waals surface area contributed by atoms with E-state index in [1.54, 1.807) is 12.4 Å². The highest BCUT2D eigenvalue weighted by atomic mass is 35.5. The molecule has 1 aromatic heterocycles. The Morgan fingerprint density at radius 3 is 2.53 bits per heavy atom. The lowest BCUT2D eigenvalue weighted by Crippen LogP contribution is -2.14. The molecule has 0 aliphatic rings. The Morgan fingerprint density at radius 2 is 2.00 bits per heavy atom. The van der Waals surface area contributed by atoms with Crippen molar-refractivity contribution in [1.29, 1.82) is 0 Å². The molecule has 0 aliphatic heterocycles. The van der Waals surface area contributed by atoms with Crippen LogP contribution < -0.4 is 0 Å². The average Bonchev–Trinajstić information content (AvgIpc) is 2.79. The molecule has 19 heavy (non-hydrogen) atoms. The van der Waals surface area contributed by atoms with Gasteiger partial charge in [0.25, 0.3) is 0 Å². The summed E-state index contributed by atoms with van der Waals surface area (Å²) < 4.78 is 16.1. The van der Waals surface area contributed by atoms with E-state index in [2.05, 4.69) is 4.98 Å². The predicted octanol–water partition coefficient (Wildman–Crippen LogP) is 4.66. The van der Waals surface area contributed by atoms with Crippen LogP contribution in [-0.4, -0.2) is 9.55 Å². The highest BCUT2D eigenvalue weighted by molar-refractivity contribution is 6.31. The van der Waals surface area contributed by atoms with Gasteiger partial charge in [-0.25, -0.2) is 9.37 Å². The molecule has 1 heterocycles. The molecule has 102 valence electrons. The number of aryl methyl sites for hydroxylation is 1. The molecule has 2 aromatic rings. The maximum absolute atomic E-state index is 14.1. The number of hydrogen-bond acceptors (Lipinski definition) is 1. The van der Waals surface area contributed by atoms with Crippen molar-refractivity contribution in [2.24, 2.45) is 0 Å². The molecular formula is C15H18ClFN2. The zero-order valence-corrected chi connectivity index (χ0v) is 12.4. The van der Waals surface area contributed by atoms with Crippen LogP contribution in [0.25, 0.3) is 11.3 Å². The van der Waals surface area contributed by atoms with E-state index in [4.69, 9.17) is 11.6 Å². The number of nitrogens with zero attached hydrogens (tertiary/aromatic N) is 2. The van der Waals surface area contributed by atoms with Gasteiger partial charge in [0.2, 0.25) is 0 Å². The lowest BCUT2D eigenvalue weighted by Gasteiger charge is -2.21. The van der Waals surface area contributed by atoms with Gasteiger partial charge in [0, 0.05) is 18.3 Å². The number of halogens is 2. The first-order valence-corrected chi connectivity index (χ1v) is 6.72. The molecule has 0 bridgehead atoms. The van der Waals surface area contributed by atoms with Gasteiger partial charge in [-0.3, -0.25) is 0 Å². The van der Waals surface area contributed by atoms with Crippen LogP contribution in [0.3, 0.4) is 0 Å². The van der Waals surface area contributed by atoms with Gasteiger partial charge >= 0.3 is 0 Å². The van der Waals surface area contributed by atoms with E-state index in [1.807, 2.05) is 44.5 Å². The van der Waals surface area contributed by atoms with E-state index < -0.39 is 0 Å². The van der Waals surface area contributed by atoms with E-state index in [0.717, 1.165) is 17.8 Å². The third kappa shape index (κ3) is 2.81. The molecule has 2 nitrogen and oxygen atoms in total. The number of hydrogen-bond donors (Lipinski definition) is 0. The summed E-state index contributed by atoms with van der Waals surface area (Å²) in [6.45, 7) is 8.81. The lowest BCUT2D eigenvalue weighted by molar-refractivity contribution is 0.523. The molecule has 0 saturated carbocycles. The first kappa shape index (κ1) is 14.1. The molecule has 4 heteroatoms. The molecular weight excluding hydrogens is 263 g/mol. The summed E-state index contributed by atoms with van der Waals surface area (Å²) in [6, 6.07) is 3.47. The summed E-state index contributed by atoms with van der Waals surface area (Å²) in [5, 5.41) is 0.147. The van der Waals surface area contributed by atoms with Crippen molar-refractivity contribution < 1.29 is 4.39 Å². The highest BCUT2D eigenvalue weighted by Gasteiger charge is 2.22. The largest absolute Gasteiger partial charge is 0.337 e. The summed E-state index contributed by atoms with van der Waals surface area (Å²) in [5.41, 5.74) is 1.98. The van der Waals surface area contributed by atoms with Crippen LogP contribution in [0.15, 0.2) is 24.7 Å². The van der Waals surface area contributed by atoms with Crippen molar-refractivity contribution >= 4 is 11.6 Å². The minimum Gasteiger partial charge on any atom is -0.337 e. The molecule has 0 aliphatic carbocycles. The topological polar surface area (TPSA) is 17.8 Å². The molecule has 0 radical (unpaired) electrons. The van der Waals surface area contributed by atoms with Gasteiger partial charge in [0.15, 0.2) is 0 Å². The third-order valence-corrected chi connectivity index (χ3v) is 3.41. The van der Waals surface area contributed by atoms with E-state index in [-0.39, 0.29) is 16.3 Å². The summed E-state index contributed by atoms with van der Waals surface area (Å²) in [5.74, 6) is -0.340. The molecule has 0 amide bonds. The maximum Gasteiger partial charge on any atom is 0.145 e. The maximum atomic E-state index is 14.1. The SMILES string of the molecule is CCn1cnc(-c2cc(Cl)c(F)c(C(C)(C)C)c2)c1. The zero-order chi connectivity index (χ0) is 14.2. The standard InChI is InChI=1S/C15H18ClFN2/c1-5-19-8-13(18-9-19)10-6-11(15(2,3)4)14(17)12(16)7-10/h6-9H,5H2,1-4H3. The van der Waals surface area contributed by atoms with E-state index in [1.165, 1.54) is 0 Å². The first-order chi connectivity index (χ1) is 8.82. The van der Waals surface area contributed by atoms with Crippen LogP contribution >= 0.6 is 11.6 Å². The molecule has 2 rings (SSSR count). The minimum absolute atomic E-state index is 0.147. The zero-order valence-electron chi connectivity index (χ0n) is 11.7. The molecule has 0 N–H and O–H groups in total. The van der Waals surface area contributed by atoms with Gasteiger partial charge in [-0.2, -0.15) is 0 Å².